The lowest BCUT2D eigenvalue weighted by molar-refractivity contribution is -0.145. The molecule has 1 aliphatic carbocycles. The molecule has 0 unspecified atom stereocenters. The number of carbonyl (C=O) groups excluding carboxylic acids is 1. The largest absolute Gasteiger partial charge is 0.480 e. The van der Waals surface area contributed by atoms with Crippen LogP contribution in [-0.2, 0) is 4.79 Å². The van der Waals surface area contributed by atoms with Crippen molar-refractivity contribution in [3.05, 3.63) is 27.6 Å². The van der Waals surface area contributed by atoms with E-state index < -0.39 is 17.5 Å². The van der Waals surface area contributed by atoms with Crippen LogP contribution < -0.4 is 10.6 Å². The number of carboxylic acid groups (broad SMARTS) is 1. The van der Waals surface area contributed by atoms with Gasteiger partial charge in [0.2, 0.25) is 0 Å². The van der Waals surface area contributed by atoms with Gasteiger partial charge in [-0.3, -0.25) is 0 Å². The van der Waals surface area contributed by atoms with Gasteiger partial charge >= 0.3 is 12.0 Å². The van der Waals surface area contributed by atoms with Crippen LogP contribution in [0.15, 0.2) is 18.2 Å². The molecule has 1 aromatic carbocycles. The Kier molecular flexibility index (Phi) is 5.02. The van der Waals surface area contributed by atoms with Gasteiger partial charge in [0.1, 0.15) is 11.4 Å². The van der Waals surface area contributed by atoms with Crippen LogP contribution in [0, 0.1) is 9.39 Å². The van der Waals surface area contributed by atoms with Gasteiger partial charge < -0.3 is 15.7 Å². The summed E-state index contributed by atoms with van der Waals surface area (Å²) in [5.74, 6) is -1.40. The summed E-state index contributed by atoms with van der Waals surface area (Å²) in [5.41, 5.74) is -0.751. The summed E-state index contributed by atoms with van der Waals surface area (Å²) in [4.78, 5) is 23.5. The van der Waals surface area contributed by atoms with Crippen LogP contribution >= 0.6 is 22.6 Å². The van der Waals surface area contributed by atoms with Crippen LogP contribution in [0.3, 0.4) is 0 Å². The van der Waals surface area contributed by atoms with E-state index in [2.05, 4.69) is 10.6 Å². The van der Waals surface area contributed by atoms with E-state index in [0.29, 0.717) is 22.1 Å². The first kappa shape index (κ1) is 16.0. The third kappa shape index (κ3) is 3.84. The van der Waals surface area contributed by atoms with Crippen molar-refractivity contribution in [3.8, 4) is 0 Å². The van der Waals surface area contributed by atoms with Crippen LogP contribution in [-0.4, -0.2) is 22.6 Å². The maximum atomic E-state index is 13.0. The Bertz CT molecular complexity index is 559. The topological polar surface area (TPSA) is 78.4 Å². The average molecular weight is 406 g/mol. The number of urea groups is 1. The van der Waals surface area contributed by atoms with Gasteiger partial charge in [-0.2, -0.15) is 0 Å². The van der Waals surface area contributed by atoms with Gasteiger partial charge in [0.05, 0.1) is 5.69 Å². The quantitative estimate of drug-likeness (QED) is 0.674. The Labute approximate surface area is 135 Å². The number of carboxylic acids is 1. The molecular formula is C14H16FIN2O3. The summed E-state index contributed by atoms with van der Waals surface area (Å²) in [6, 6.07) is 3.41. The van der Waals surface area contributed by atoms with Gasteiger partial charge in [0.25, 0.3) is 0 Å². The lowest BCUT2D eigenvalue weighted by atomic mass is 9.82. The van der Waals surface area contributed by atoms with Gasteiger partial charge in [0, 0.05) is 3.57 Å². The van der Waals surface area contributed by atoms with Gasteiger partial charge in [-0.25, -0.2) is 14.0 Å². The smallest absolute Gasteiger partial charge is 0.329 e. The van der Waals surface area contributed by atoms with Crippen molar-refractivity contribution in [3.63, 3.8) is 0 Å². The molecular weight excluding hydrogens is 390 g/mol. The fourth-order valence-electron chi connectivity index (χ4n) is 2.51. The Morgan fingerprint density at radius 1 is 1.24 bits per heavy atom. The second-order valence-electron chi connectivity index (χ2n) is 5.15. The molecule has 2 amide bonds. The molecule has 114 valence electrons. The van der Waals surface area contributed by atoms with Crippen molar-refractivity contribution in [1.82, 2.24) is 5.32 Å². The zero-order valence-corrected chi connectivity index (χ0v) is 13.4. The molecule has 0 atom stereocenters. The highest BCUT2D eigenvalue weighted by Gasteiger charge is 2.41. The second-order valence-corrected chi connectivity index (χ2v) is 6.31. The summed E-state index contributed by atoms with van der Waals surface area (Å²) in [5, 5.41) is 14.6. The monoisotopic (exact) mass is 406 g/mol. The molecule has 1 fully saturated rings. The number of benzene rings is 1. The Hall–Kier alpha value is -1.38. The van der Waals surface area contributed by atoms with Gasteiger partial charge in [-0.05, 0) is 53.6 Å². The second kappa shape index (κ2) is 6.59. The number of carbonyl (C=O) groups is 2. The average Bonchev–Trinajstić information content (AvgIpc) is 2.43. The number of nitrogens with one attached hydrogen (secondary N) is 2. The lowest BCUT2D eigenvalue weighted by Crippen LogP contribution is -2.56. The molecule has 3 N–H and O–H groups in total. The van der Waals surface area contributed by atoms with Crippen LogP contribution in [0.5, 0.6) is 0 Å². The SMILES string of the molecule is O=C(Nc1ccc(F)cc1I)NC1(C(=O)O)CCCCC1. The minimum absolute atomic E-state index is 0.389. The first-order valence-corrected chi connectivity index (χ1v) is 7.78. The minimum atomic E-state index is -1.20. The summed E-state index contributed by atoms with van der Waals surface area (Å²) in [6.45, 7) is 0. The van der Waals surface area contributed by atoms with E-state index in [1.807, 2.05) is 22.6 Å². The van der Waals surface area contributed by atoms with E-state index in [1.165, 1.54) is 18.2 Å². The molecule has 7 heteroatoms. The lowest BCUT2D eigenvalue weighted by Gasteiger charge is -2.33. The molecule has 5 nitrogen and oxygen atoms in total. The normalized spacial score (nSPS) is 17.0. The van der Waals surface area contributed by atoms with Gasteiger partial charge in [-0.15, -0.1) is 0 Å². The highest BCUT2D eigenvalue weighted by Crippen LogP contribution is 2.29. The molecule has 0 spiro atoms. The Morgan fingerprint density at radius 2 is 1.90 bits per heavy atom. The Morgan fingerprint density at radius 3 is 2.48 bits per heavy atom. The maximum Gasteiger partial charge on any atom is 0.329 e. The third-order valence-electron chi connectivity index (χ3n) is 3.65. The predicted octanol–water partition coefficient (Wildman–Crippen LogP) is 3.34. The molecule has 1 saturated carbocycles. The first-order valence-electron chi connectivity index (χ1n) is 6.70. The van der Waals surface area contributed by atoms with Crippen LogP contribution in [0.1, 0.15) is 32.1 Å². The molecule has 0 heterocycles. The summed E-state index contributed by atoms with van der Waals surface area (Å²) >= 11 is 1.91. The van der Waals surface area contributed by atoms with E-state index in [-0.39, 0.29) is 5.82 Å². The van der Waals surface area contributed by atoms with Crippen molar-refractivity contribution in [1.29, 1.82) is 0 Å². The molecule has 0 saturated heterocycles. The van der Waals surface area contributed by atoms with Crippen molar-refractivity contribution in [2.75, 3.05) is 5.32 Å². The van der Waals surface area contributed by atoms with Crippen LogP contribution in [0.2, 0.25) is 0 Å². The standard InChI is InChI=1S/C14H16FIN2O3/c15-9-4-5-11(10(16)8-9)17-13(21)18-14(12(19)20)6-2-1-3-7-14/h4-5,8H,1-3,6-7H2,(H,19,20)(H2,17,18,21). The van der Waals surface area contributed by atoms with E-state index >= 15 is 0 Å². The van der Waals surface area contributed by atoms with Crippen LogP contribution in [0.25, 0.3) is 0 Å². The van der Waals surface area contributed by atoms with Gasteiger partial charge in [-0.1, -0.05) is 19.3 Å². The Balaban J connectivity index is 2.07. The van der Waals surface area contributed by atoms with Crippen molar-refractivity contribution in [2.45, 2.75) is 37.6 Å². The van der Waals surface area contributed by atoms with Crippen molar-refractivity contribution in [2.24, 2.45) is 0 Å². The molecule has 0 aromatic heterocycles. The molecule has 0 aliphatic heterocycles. The third-order valence-corrected chi connectivity index (χ3v) is 4.54. The molecule has 0 radical (unpaired) electrons. The fourth-order valence-corrected chi connectivity index (χ4v) is 3.12. The van der Waals surface area contributed by atoms with Crippen molar-refractivity contribution >= 4 is 40.3 Å². The summed E-state index contributed by atoms with van der Waals surface area (Å²) in [7, 11) is 0. The fraction of sp³-hybridized carbons (Fsp3) is 0.429. The number of halogens is 2. The molecule has 1 aliphatic rings. The number of hydrogen-bond acceptors (Lipinski definition) is 2. The number of aliphatic carboxylic acids is 1. The highest BCUT2D eigenvalue weighted by atomic mass is 127. The van der Waals surface area contributed by atoms with E-state index in [0.717, 1.165) is 19.3 Å². The zero-order chi connectivity index (χ0) is 15.5. The number of amides is 2. The minimum Gasteiger partial charge on any atom is -0.480 e. The summed E-state index contributed by atoms with van der Waals surface area (Å²) < 4.78 is 13.6. The van der Waals surface area contributed by atoms with Gasteiger partial charge in [0.15, 0.2) is 0 Å². The number of rotatable bonds is 3. The summed E-state index contributed by atoms with van der Waals surface area (Å²) in [6.07, 6.45) is 3.39. The maximum absolute atomic E-state index is 13.0. The van der Waals surface area contributed by atoms with E-state index in [9.17, 15) is 19.1 Å². The number of anilines is 1. The zero-order valence-electron chi connectivity index (χ0n) is 11.3. The van der Waals surface area contributed by atoms with E-state index in [4.69, 9.17) is 0 Å². The molecule has 2 rings (SSSR count). The predicted molar refractivity (Wildman–Crippen MR) is 84.7 cm³/mol. The molecule has 21 heavy (non-hydrogen) atoms. The van der Waals surface area contributed by atoms with Crippen molar-refractivity contribution < 1.29 is 19.1 Å². The first-order chi connectivity index (χ1) is 9.93. The molecule has 1 aromatic rings. The highest BCUT2D eigenvalue weighted by molar-refractivity contribution is 14.1. The number of hydrogen-bond donors (Lipinski definition) is 3. The van der Waals surface area contributed by atoms with E-state index in [1.54, 1.807) is 0 Å². The van der Waals surface area contributed by atoms with Crippen LogP contribution in [0.4, 0.5) is 14.9 Å². The molecule has 0 bridgehead atoms.